The van der Waals surface area contributed by atoms with Gasteiger partial charge in [0.15, 0.2) is 12.3 Å². The highest BCUT2D eigenvalue weighted by atomic mass is 16.5. The van der Waals surface area contributed by atoms with E-state index in [0.717, 1.165) is 5.56 Å². The van der Waals surface area contributed by atoms with Gasteiger partial charge in [-0.2, -0.15) is 10.2 Å². The molecule has 1 heterocycles. The van der Waals surface area contributed by atoms with E-state index in [-0.39, 0.29) is 17.9 Å². The molecule has 0 aliphatic rings. The number of nitrogens with two attached hydrogens (primary N) is 1. The van der Waals surface area contributed by atoms with Crippen LogP contribution in [0.1, 0.15) is 29.9 Å². The number of amides is 2. The predicted octanol–water partition coefficient (Wildman–Crippen LogP) is 1.43. The van der Waals surface area contributed by atoms with E-state index >= 15 is 0 Å². The van der Waals surface area contributed by atoms with Gasteiger partial charge in [-0.25, -0.2) is 10.1 Å². The van der Waals surface area contributed by atoms with Crippen molar-refractivity contribution in [2.75, 3.05) is 6.61 Å². The van der Waals surface area contributed by atoms with E-state index in [4.69, 9.17) is 10.5 Å². The van der Waals surface area contributed by atoms with Crippen molar-refractivity contribution in [2.45, 2.75) is 20.4 Å². The minimum absolute atomic E-state index is 0.124. The number of hydrogen-bond acceptors (Lipinski definition) is 6. The molecule has 154 valence electrons. The molecule has 9 nitrogen and oxygen atoms in total. The predicted molar refractivity (Wildman–Crippen MR) is 112 cm³/mol. The number of hydrogen-bond donors (Lipinski definition) is 2. The van der Waals surface area contributed by atoms with Crippen molar-refractivity contribution in [3.63, 3.8) is 0 Å². The molecule has 2 amide bonds. The highest BCUT2D eigenvalue weighted by molar-refractivity contribution is 6.06. The molecular weight excluding hydrogens is 386 g/mol. The number of fused-ring (bicyclic) bond motifs is 1. The number of nitrogens with one attached hydrogen (secondary N) is 1. The zero-order chi connectivity index (χ0) is 21.7. The minimum atomic E-state index is -0.560. The molecule has 0 fully saturated rings. The van der Waals surface area contributed by atoms with E-state index in [0.29, 0.717) is 28.8 Å². The molecule has 0 atom stereocenters. The van der Waals surface area contributed by atoms with Crippen LogP contribution in [0.15, 0.2) is 58.4 Å². The van der Waals surface area contributed by atoms with E-state index in [2.05, 4.69) is 15.6 Å². The third-order valence-electron chi connectivity index (χ3n) is 4.36. The Morgan fingerprint density at radius 3 is 2.43 bits per heavy atom. The molecule has 0 saturated carbocycles. The van der Waals surface area contributed by atoms with E-state index in [1.165, 1.54) is 4.68 Å². The van der Waals surface area contributed by atoms with Gasteiger partial charge in [0.05, 0.1) is 11.1 Å². The summed E-state index contributed by atoms with van der Waals surface area (Å²) in [5.74, 6) is -0.587. The quantitative estimate of drug-likeness (QED) is 0.452. The standard InChI is InChI=1S/C21H21N5O4/c1-3-26-21(29)17-7-5-4-6-16(17)19(25-26)20(28)24-23-13(2)14-8-10-15(11-9-14)30-12-18(22)27/h4-11H,3,12H2,1-2H3,(H2,22,27)(H,24,28)/b23-13+. The van der Waals surface area contributed by atoms with Crippen LogP contribution in [0, 0.1) is 0 Å². The number of hydrazone groups is 1. The van der Waals surface area contributed by atoms with Crippen LogP contribution in [0.25, 0.3) is 10.8 Å². The maximum Gasteiger partial charge on any atom is 0.292 e. The van der Waals surface area contributed by atoms with Gasteiger partial charge in [0.2, 0.25) is 0 Å². The van der Waals surface area contributed by atoms with Crippen molar-refractivity contribution < 1.29 is 14.3 Å². The van der Waals surface area contributed by atoms with E-state index in [1.807, 2.05) is 0 Å². The van der Waals surface area contributed by atoms with Crippen LogP contribution in [-0.4, -0.2) is 33.9 Å². The summed E-state index contributed by atoms with van der Waals surface area (Å²) < 4.78 is 6.46. The SMILES string of the molecule is CCn1nc(C(=O)N/N=C(\C)c2ccc(OCC(N)=O)cc2)c2ccccc2c1=O. The lowest BCUT2D eigenvalue weighted by Gasteiger charge is -2.09. The Hall–Kier alpha value is -4.01. The van der Waals surface area contributed by atoms with E-state index in [1.54, 1.807) is 62.4 Å². The molecule has 0 saturated heterocycles. The highest BCUT2D eigenvalue weighted by Crippen LogP contribution is 2.14. The Morgan fingerprint density at radius 1 is 1.13 bits per heavy atom. The van der Waals surface area contributed by atoms with Crippen molar-refractivity contribution >= 4 is 28.3 Å². The Kier molecular flexibility index (Phi) is 6.21. The van der Waals surface area contributed by atoms with Crippen molar-refractivity contribution in [3.05, 3.63) is 70.1 Å². The second kappa shape index (κ2) is 8.99. The molecule has 0 radical (unpaired) electrons. The summed E-state index contributed by atoms with van der Waals surface area (Å²) in [5, 5.41) is 9.21. The topological polar surface area (TPSA) is 129 Å². The summed E-state index contributed by atoms with van der Waals surface area (Å²) in [6.07, 6.45) is 0. The lowest BCUT2D eigenvalue weighted by Crippen LogP contribution is -2.28. The number of benzene rings is 2. The average Bonchev–Trinajstić information content (AvgIpc) is 2.76. The van der Waals surface area contributed by atoms with Gasteiger partial charge in [0.1, 0.15) is 5.75 Å². The van der Waals surface area contributed by atoms with Gasteiger partial charge >= 0.3 is 0 Å². The number of primary amides is 1. The molecule has 0 spiro atoms. The molecule has 9 heteroatoms. The number of nitrogens with zero attached hydrogens (tertiary/aromatic N) is 3. The van der Waals surface area contributed by atoms with Crippen LogP contribution in [0.5, 0.6) is 5.75 Å². The number of carbonyl (C=O) groups excluding carboxylic acids is 2. The summed E-state index contributed by atoms with van der Waals surface area (Å²) in [5.41, 5.74) is 8.72. The molecule has 0 bridgehead atoms. The Labute approximate surface area is 172 Å². The van der Waals surface area contributed by atoms with E-state index < -0.39 is 11.8 Å². The first-order valence-electron chi connectivity index (χ1n) is 9.26. The molecule has 0 aliphatic carbocycles. The first-order chi connectivity index (χ1) is 14.4. The summed E-state index contributed by atoms with van der Waals surface area (Å²) in [4.78, 5) is 35.9. The van der Waals surface area contributed by atoms with Gasteiger partial charge in [-0.1, -0.05) is 18.2 Å². The zero-order valence-electron chi connectivity index (χ0n) is 16.6. The van der Waals surface area contributed by atoms with Crippen molar-refractivity contribution in [3.8, 4) is 5.75 Å². The maximum atomic E-state index is 12.7. The number of rotatable bonds is 7. The zero-order valence-corrected chi connectivity index (χ0v) is 16.6. The van der Waals surface area contributed by atoms with Gasteiger partial charge in [-0.15, -0.1) is 0 Å². The Balaban J connectivity index is 1.81. The molecule has 1 aromatic heterocycles. The first kappa shape index (κ1) is 20.7. The summed E-state index contributed by atoms with van der Waals surface area (Å²) in [6.45, 7) is 3.65. The van der Waals surface area contributed by atoms with Crippen LogP contribution in [0.3, 0.4) is 0 Å². The number of carbonyl (C=O) groups is 2. The minimum Gasteiger partial charge on any atom is -0.484 e. The Morgan fingerprint density at radius 2 is 1.80 bits per heavy atom. The van der Waals surface area contributed by atoms with Gasteiger partial charge in [-0.05, 0) is 49.7 Å². The van der Waals surface area contributed by atoms with Crippen molar-refractivity contribution in [1.82, 2.24) is 15.2 Å². The van der Waals surface area contributed by atoms with Crippen molar-refractivity contribution in [1.29, 1.82) is 0 Å². The normalized spacial score (nSPS) is 11.3. The first-order valence-corrected chi connectivity index (χ1v) is 9.26. The number of aryl methyl sites for hydroxylation is 1. The second-order valence-electron chi connectivity index (χ2n) is 6.43. The lowest BCUT2D eigenvalue weighted by atomic mass is 10.1. The van der Waals surface area contributed by atoms with Gasteiger partial charge in [-0.3, -0.25) is 14.4 Å². The molecule has 0 aliphatic heterocycles. The smallest absolute Gasteiger partial charge is 0.292 e. The van der Waals surface area contributed by atoms with Crippen LogP contribution in [-0.2, 0) is 11.3 Å². The van der Waals surface area contributed by atoms with Crippen LogP contribution >= 0.6 is 0 Å². The van der Waals surface area contributed by atoms with Crippen LogP contribution < -0.4 is 21.5 Å². The van der Waals surface area contributed by atoms with Crippen LogP contribution in [0.2, 0.25) is 0 Å². The molecule has 2 aromatic carbocycles. The molecule has 0 unspecified atom stereocenters. The fourth-order valence-corrected chi connectivity index (χ4v) is 2.82. The van der Waals surface area contributed by atoms with Crippen LogP contribution in [0.4, 0.5) is 0 Å². The van der Waals surface area contributed by atoms with Gasteiger partial charge < -0.3 is 10.5 Å². The van der Waals surface area contributed by atoms with Gasteiger partial charge in [0, 0.05) is 11.9 Å². The second-order valence-corrected chi connectivity index (χ2v) is 6.43. The third-order valence-corrected chi connectivity index (χ3v) is 4.36. The number of ether oxygens (including phenoxy) is 1. The molecule has 3 rings (SSSR count). The third kappa shape index (κ3) is 4.52. The Bertz CT molecular complexity index is 1180. The molecule has 3 aromatic rings. The summed E-state index contributed by atoms with van der Waals surface area (Å²) in [6, 6.07) is 13.7. The van der Waals surface area contributed by atoms with Crippen molar-refractivity contribution in [2.24, 2.45) is 10.8 Å². The fraction of sp³-hybridized carbons (Fsp3) is 0.190. The van der Waals surface area contributed by atoms with E-state index in [9.17, 15) is 14.4 Å². The highest BCUT2D eigenvalue weighted by Gasteiger charge is 2.16. The summed E-state index contributed by atoms with van der Waals surface area (Å²) >= 11 is 0. The molecular formula is C21H21N5O4. The van der Waals surface area contributed by atoms with Gasteiger partial charge in [0.25, 0.3) is 17.4 Å². The maximum absolute atomic E-state index is 12.7. The molecule has 3 N–H and O–H groups in total. The summed E-state index contributed by atoms with van der Waals surface area (Å²) in [7, 11) is 0. The lowest BCUT2D eigenvalue weighted by molar-refractivity contribution is -0.119. The number of aromatic nitrogens is 2. The monoisotopic (exact) mass is 407 g/mol. The fourth-order valence-electron chi connectivity index (χ4n) is 2.82. The largest absolute Gasteiger partial charge is 0.484 e. The molecule has 30 heavy (non-hydrogen) atoms. The average molecular weight is 407 g/mol.